The number of nitrogens with one attached hydrogen (secondary N) is 2. The molecule has 2 heterocycles. The predicted octanol–water partition coefficient (Wildman–Crippen LogP) is 2.20. The van der Waals surface area contributed by atoms with Gasteiger partial charge in [0, 0.05) is 11.3 Å². The van der Waals surface area contributed by atoms with Crippen LogP contribution in [0.25, 0.3) is 0 Å². The Balaban J connectivity index is 1.59. The number of benzene rings is 1. The number of anilines is 1. The Morgan fingerprint density at radius 2 is 2.19 bits per heavy atom. The van der Waals surface area contributed by atoms with Crippen LogP contribution in [-0.2, 0) is 5.75 Å². The van der Waals surface area contributed by atoms with Crippen LogP contribution in [0, 0.1) is 0 Å². The summed E-state index contributed by atoms with van der Waals surface area (Å²) in [6.07, 6.45) is 1.48. The van der Waals surface area contributed by atoms with Gasteiger partial charge in [0.05, 0.1) is 0 Å². The molecule has 106 valence electrons. The largest absolute Gasteiger partial charge is 0.296 e. The van der Waals surface area contributed by atoms with E-state index in [2.05, 4.69) is 30.7 Å². The second kappa shape index (κ2) is 6.46. The number of H-pyrrole nitrogens is 1. The molecule has 0 saturated heterocycles. The number of carbonyl (C=O) groups excluding carboxylic acids is 1. The van der Waals surface area contributed by atoms with E-state index in [1.807, 2.05) is 12.1 Å². The van der Waals surface area contributed by atoms with Crippen LogP contribution in [0.3, 0.4) is 0 Å². The summed E-state index contributed by atoms with van der Waals surface area (Å²) in [5.74, 6) is 0.564. The van der Waals surface area contributed by atoms with Gasteiger partial charge < -0.3 is 0 Å². The fourth-order valence-corrected chi connectivity index (χ4v) is 2.74. The average Bonchev–Trinajstić information content (AvgIpc) is 3.19. The molecular formula is C12H10N6OS2. The lowest BCUT2D eigenvalue weighted by molar-refractivity contribution is 0.102. The van der Waals surface area contributed by atoms with E-state index in [-0.39, 0.29) is 5.91 Å². The topological polar surface area (TPSA) is 96.5 Å². The Bertz CT molecular complexity index is 696. The summed E-state index contributed by atoms with van der Waals surface area (Å²) in [6, 6.07) is 7.40. The van der Waals surface area contributed by atoms with Gasteiger partial charge in [-0.3, -0.25) is 15.2 Å². The molecule has 0 aliphatic carbocycles. The zero-order valence-electron chi connectivity index (χ0n) is 10.7. The smallest absolute Gasteiger partial charge is 0.257 e. The molecule has 21 heavy (non-hydrogen) atoms. The Morgan fingerprint density at radius 3 is 2.86 bits per heavy atom. The van der Waals surface area contributed by atoms with Gasteiger partial charge in [-0.2, -0.15) is 5.10 Å². The zero-order valence-corrected chi connectivity index (χ0v) is 12.3. The summed E-state index contributed by atoms with van der Waals surface area (Å²) in [4.78, 5) is 16.0. The fraction of sp³-hybridized carbons (Fsp3) is 0.0833. The quantitative estimate of drug-likeness (QED) is 0.700. The van der Waals surface area contributed by atoms with Crippen molar-refractivity contribution in [2.75, 3.05) is 5.32 Å². The first-order chi connectivity index (χ1) is 10.3. The molecule has 0 saturated carbocycles. The summed E-state index contributed by atoms with van der Waals surface area (Å²) in [7, 11) is 0. The SMILES string of the molecule is O=C(Nc1nncs1)c1ccc(CSc2ncn[nH]2)cc1. The summed E-state index contributed by atoms with van der Waals surface area (Å²) in [6.45, 7) is 0. The molecule has 3 rings (SSSR count). The zero-order chi connectivity index (χ0) is 14.5. The molecule has 7 nitrogen and oxygen atoms in total. The summed E-state index contributed by atoms with van der Waals surface area (Å²) < 4.78 is 0. The number of thioether (sulfide) groups is 1. The van der Waals surface area contributed by atoms with Crippen LogP contribution in [0.5, 0.6) is 0 Å². The second-order valence-electron chi connectivity index (χ2n) is 3.97. The van der Waals surface area contributed by atoms with E-state index in [1.165, 1.54) is 17.7 Å². The number of aromatic amines is 1. The van der Waals surface area contributed by atoms with Crippen molar-refractivity contribution >= 4 is 34.1 Å². The van der Waals surface area contributed by atoms with E-state index >= 15 is 0 Å². The molecular weight excluding hydrogens is 308 g/mol. The number of hydrogen-bond acceptors (Lipinski definition) is 7. The highest BCUT2D eigenvalue weighted by atomic mass is 32.2. The van der Waals surface area contributed by atoms with E-state index in [9.17, 15) is 4.79 Å². The van der Waals surface area contributed by atoms with Gasteiger partial charge in [-0.15, -0.1) is 10.2 Å². The van der Waals surface area contributed by atoms with Gasteiger partial charge in [0.1, 0.15) is 11.8 Å². The number of aromatic nitrogens is 5. The number of carbonyl (C=O) groups is 1. The van der Waals surface area contributed by atoms with Crippen LogP contribution in [0.15, 0.2) is 41.3 Å². The van der Waals surface area contributed by atoms with Gasteiger partial charge in [-0.05, 0) is 17.7 Å². The Kier molecular flexibility index (Phi) is 4.22. The van der Waals surface area contributed by atoms with E-state index < -0.39 is 0 Å². The molecule has 2 aromatic heterocycles. The minimum absolute atomic E-state index is 0.193. The minimum atomic E-state index is -0.193. The molecule has 0 aliphatic heterocycles. The third-order valence-electron chi connectivity index (χ3n) is 2.57. The number of hydrogen-bond donors (Lipinski definition) is 2. The van der Waals surface area contributed by atoms with Crippen molar-refractivity contribution in [3.63, 3.8) is 0 Å². The van der Waals surface area contributed by atoms with Crippen molar-refractivity contribution < 1.29 is 4.79 Å². The lowest BCUT2D eigenvalue weighted by atomic mass is 10.1. The minimum Gasteiger partial charge on any atom is -0.296 e. The van der Waals surface area contributed by atoms with Crippen molar-refractivity contribution in [2.24, 2.45) is 0 Å². The normalized spacial score (nSPS) is 10.5. The number of amides is 1. The van der Waals surface area contributed by atoms with Gasteiger partial charge in [0.2, 0.25) is 5.13 Å². The lowest BCUT2D eigenvalue weighted by Crippen LogP contribution is -2.11. The Labute approximate surface area is 128 Å². The van der Waals surface area contributed by atoms with Crippen molar-refractivity contribution in [3.05, 3.63) is 47.2 Å². The van der Waals surface area contributed by atoms with Crippen molar-refractivity contribution in [3.8, 4) is 0 Å². The first kappa shape index (κ1) is 13.7. The monoisotopic (exact) mass is 318 g/mol. The van der Waals surface area contributed by atoms with Gasteiger partial charge >= 0.3 is 0 Å². The van der Waals surface area contributed by atoms with Crippen molar-refractivity contribution in [2.45, 2.75) is 10.9 Å². The highest BCUT2D eigenvalue weighted by molar-refractivity contribution is 7.98. The molecule has 0 bridgehead atoms. The van der Waals surface area contributed by atoms with E-state index in [1.54, 1.807) is 29.4 Å². The fourth-order valence-electron chi connectivity index (χ4n) is 1.56. The van der Waals surface area contributed by atoms with Crippen molar-refractivity contribution in [1.29, 1.82) is 0 Å². The second-order valence-corrected chi connectivity index (χ2v) is 5.77. The van der Waals surface area contributed by atoms with Crippen LogP contribution >= 0.6 is 23.1 Å². The maximum atomic E-state index is 12.0. The van der Waals surface area contributed by atoms with Gasteiger partial charge in [0.15, 0.2) is 5.16 Å². The van der Waals surface area contributed by atoms with Gasteiger partial charge in [-0.1, -0.05) is 35.2 Å². The maximum absolute atomic E-state index is 12.0. The summed E-state index contributed by atoms with van der Waals surface area (Å²) >= 11 is 2.83. The molecule has 0 radical (unpaired) electrons. The van der Waals surface area contributed by atoms with Gasteiger partial charge in [0.25, 0.3) is 5.91 Å². The van der Waals surface area contributed by atoms with Crippen LogP contribution in [0.2, 0.25) is 0 Å². The van der Waals surface area contributed by atoms with Gasteiger partial charge in [-0.25, -0.2) is 4.98 Å². The third-order valence-corrected chi connectivity index (χ3v) is 4.12. The predicted molar refractivity (Wildman–Crippen MR) is 80.2 cm³/mol. The van der Waals surface area contributed by atoms with Crippen molar-refractivity contribution in [1.82, 2.24) is 25.4 Å². The van der Waals surface area contributed by atoms with E-state index in [0.717, 1.165) is 16.5 Å². The summed E-state index contributed by atoms with van der Waals surface area (Å²) in [5.41, 5.74) is 3.25. The standard InChI is InChI=1S/C12H10N6OS2/c19-10(16-12-18-15-7-21-12)9-3-1-8(2-4-9)5-20-11-13-6-14-17-11/h1-4,6-7H,5H2,(H,13,14,17)(H,16,18,19). The first-order valence-electron chi connectivity index (χ1n) is 5.96. The lowest BCUT2D eigenvalue weighted by Gasteiger charge is -2.03. The van der Waals surface area contributed by atoms with Crippen LogP contribution in [-0.4, -0.2) is 31.3 Å². The average molecular weight is 318 g/mol. The maximum Gasteiger partial charge on any atom is 0.257 e. The number of nitrogens with zero attached hydrogens (tertiary/aromatic N) is 4. The van der Waals surface area contributed by atoms with Crippen LogP contribution in [0.1, 0.15) is 15.9 Å². The Hall–Kier alpha value is -2.26. The molecule has 0 unspecified atom stereocenters. The molecule has 3 aromatic rings. The molecule has 0 atom stereocenters. The molecule has 2 N–H and O–H groups in total. The first-order valence-corrected chi connectivity index (χ1v) is 7.82. The molecule has 0 spiro atoms. The van der Waals surface area contributed by atoms with E-state index in [4.69, 9.17) is 0 Å². The molecule has 1 aromatic carbocycles. The van der Waals surface area contributed by atoms with E-state index in [0.29, 0.717) is 10.7 Å². The molecule has 9 heteroatoms. The highest BCUT2D eigenvalue weighted by Crippen LogP contribution is 2.19. The van der Waals surface area contributed by atoms with Crippen LogP contribution < -0.4 is 5.32 Å². The molecule has 1 amide bonds. The Morgan fingerprint density at radius 1 is 1.33 bits per heavy atom. The molecule has 0 aliphatic rings. The van der Waals surface area contributed by atoms with Crippen LogP contribution in [0.4, 0.5) is 5.13 Å². The molecule has 0 fully saturated rings. The highest BCUT2D eigenvalue weighted by Gasteiger charge is 2.08. The summed E-state index contributed by atoms with van der Waals surface area (Å²) in [5, 5.41) is 18.0. The number of rotatable bonds is 5. The third kappa shape index (κ3) is 3.64.